The van der Waals surface area contributed by atoms with Gasteiger partial charge >= 0.3 is 0 Å². The van der Waals surface area contributed by atoms with Gasteiger partial charge in [-0.3, -0.25) is 14.3 Å². The van der Waals surface area contributed by atoms with Crippen LogP contribution in [0.2, 0.25) is 0 Å². The highest BCUT2D eigenvalue weighted by Gasteiger charge is 2.30. The van der Waals surface area contributed by atoms with Crippen LogP contribution < -0.4 is 0 Å². The minimum atomic E-state index is -0.0856. The summed E-state index contributed by atoms with van der Waals surface area (Å²) in [5, 5.41) is 18.7. The van der Waals surface area contributed by atoms with Crippen molar-refractivity contribution in [1.29, 1.82) is 0 Å². The predicted octanol–water partition coefficient (Wildman–Crippen LogP) is 3.14. The summed E-state index contributed by atoms with van der Waals surface area (Å²) in [6.45, 7) is 3.97. The number of para-hydroxylation sites is 1. The van der Waals surface area contributed by atoms with Crippen LogP contribution in [0.1, 0.15) is 53.8 Å². The lowest BCUT2D eigenvalue weighted by Crippen LogP contribution is -2.36. The van der Waals surface area contributed by atoms with Crippen molar-refractivity contribution < 1.29 is 9.59 Å². The molecule has 0 radical (unpaired) electrons. The van der Waals surface area contributed by atoms with Crippen LogP contribution >= 0.6 is 0 Å². The topological polar surface area (TPSA) is 104 Å². The van der Waals surface area contributed by atoms with Gasteiger partial charge in [0.1, 0.15) is 12.0 Å². The first-order chi connectivity index (χ1) is 17.5. The number of rotatable bonds is 7. The Balaban J connectivity index is 1.12. The van der Waals surface area contributed by atoms with Gasteiger partial charge in [-0.15, -0.1) is 10.2 Å². The molecule has 10 nitrogen and oxygen atoms in total. The summed E-state index contributed by atoms with van der Waals surface area (Å²) in [5.74, 6) is 1.45. The minimum absolute atomic E-state index is 0.0594. The Kier molecular flexibility index (Phi) is 5.66. The lowest BCUT2D eigenvalue weighted by molar-refractivity contribution is -0.132. The Morgan fingerprint density at radius 2 is 1.89 bits per heavy atom. The molecule has 1 saturated carbocycles. The van der Waals surface area contributed by atoms with E-state index < -0.39 is 0 Å². The first-order valence-corrected chi connectivity index (χ1v) is 12.7. The second-order valence-corrected chi connectivity index (χ2v) is 9.97. The molecule has 1 fully saturated rings. The maximum absolute atomic E-state index is 13.1. The summed E-state index contributed by atoms with van der Waals surface area (Å²) >= 11 is 0. The summed E-state index contributed by atoms with van der Waals surface area (Å²) in [6.07, 6.45) is 6.12. The molecule has 186 valence electrons. The van der Waals surface area contributed by atoms with Crippen molar-refractivity contribution in [3.05, 3.63) is 47.5 Å². The molecule has 4 aromatic rings. The fraction of sp³-hybridized carbons (Fsp3) is 0.462. The standard InChI is InChI=1S/C26H30N8O2/c1-17-19-6-3-4-7-22(19)34(29-17)24(36)9-5-8-23(35)32-13-12-21-20(15-32)25(30-31(21)2)26-28-27-16-33(26)14-18-10-11-18/h3-4,6-7,16,18H,5,8-15H2,1-2H3. The molecule has 0 bridgehead atoms. The third-order valence-corrected chi connectivity index (χ3v) is 7.36. The van der Waals surface area contributed by atoms with Crippen molar-refractivity contribution in [3.8, 4) is 11.5 Å². The fourth-order valence-corrected chi connectivity index (χ4v) is 5.20. The first-order valence-electron chi connectivity index (χ1n) is 12.7. The zero-order valence-corrected chi connectivity index (χ0v) is 20.7. The SMILES string of the molecule is Cc1nn(C(=O)CCCC(=O)N2CCc3c(c(-c4nncn4CC4CC4)nn3C)C2)c2ccccc12. The number of fused-ring (bicyclic) bond motifs is 2. The van der Waals surface area contributed by atoms with E-state index in [0.29, 0.717) is 31.8 Å². The van der Waals surface area contributed by atoms with E-state index in [4.69, 9.17) is 5.10 Å². The Morgan fingerprint density at radius 1 is 1.08 bits per heavy atom. The average molecular weight is 487 g/mol. The molecule has 0 N–H and O–H groups in total. The monoisotopic (exact) mass is 486 g/mol. The zero-order valence-electron chi connectivity index (χ0n) is 20.7. The molecule has 0 spiro atoms. The van der Waals surface area contributed by atoms with Crippen molar-refractivity contribution in [2.24, 2.45) is 13.0 Å². The Bertz CT molecular complexity index is 1460. The molecule has 1 aliphatic heterocycles. The molecule has 1 amide bonds. The molecular weight excluding hydrogens is 456 g/mol. The fourth-order valence-electron chi connectivity index (χ4n) is 5.20. The van der Waals surface area contributed by atoms with Crippen molar-refractivity contribution in [3.63, 3.8) is 0 Å². The molecule has 0 unspecified atom stereocenters. The number of aryl methyl sites for hydroxylation is 2. The Hall–Kier alpha value is -3.82. The van der Waals surface area contributed by atoms with E-state index in [1.54, 1.807) is 6.33 Å². The summed E-state index contributed by atoms with van der Waals surface area (Å²) in [4.78, 5) is 27.8. The highest BCUT2D eigenvalue weighted by Crippen LogP contribution is 2.33. The third kappa shape index (κ3) is 4.10. The van der Waals surface area contributed by atoms with Crippen molar-refractivity contribution in [1.82, 2.24) is 39.2 Å². The third-order valence-electron chi connectivity index (χ3n) is 7.36. The van der Waals surface area contributed by atoms with Gasteiger partial charge in [-0.25, -0.2) is 0 Å². The van der Waals surface area contributed by atoms with Gasteiger partial charge in [0.2, 0.25) is 11.8 Å². The number of carbonyl (C=O) groups excluding carboxylic acids is 2. The van der Waals surface area contributed by atoms with E-state index in [2.05, 4.69) is 19.9 Å². The van der Waals surface area contributed by atoms with Crippen LogP contribution in [0.5, 0.6) is 0 Å². The molecule has 0 saturated heterocycles. The second kappa shape index (κ2) is 9.00. The van der Waals surface area contributed by atoms with Crippen LogP contribution in [0.25, 0.3) is 22.4 Å². The molecule has 0 atom stereocenters. The molecule has 10 heteroatoms. The smallest absolute Gasteiger partial charge is 0.247 e. The summed E-state index contributed by atoms with van der Waals surface area (Å²) in [5.41, 5.74) is 4.66. The molecule has 1 aliphatic carbocycles. The van der Waals surface area contributed by atoms with Gasteiger partial charge < -0.3 is 9.47 Å². The average Bonchev–Trinajstić information content (AvgIpc) is 3.33. The van der Waals surface area contributed by atoms with E-state index in [9.17, 15) is 9.59 Å². The number of carbonyl (C=O) groups is 2. The zero-order chi connectivity index (χ0) is 24.8. The van der Waals surface area contributed by atoms with E-state index in [1.807, 2.05) is 47.8 Å². The van der Waals surface area contributed by atoms with E-state index in [1.165, 1.54) is 17.5 Å². The summed E-state index contributed by atoms with van der Waals surface area (Å²) < 4.78 is 5.48. The number of aromatic nitrogens is 7. The van der Waals surface area contributed by atoms with Crippen molar-refractivity contribution in [2.75, 3.05) is 6.54 Å². The van der Waals surface area contributed by atoms with Crippen LogP contribution in [-0.4, -0.2) is 57.6 Å². The van der Waals surface area contributed by atoms with Gasteiger partial charge in [0.15, 0.2) is 5.82 Å². The Morgan fingerprint density at radius 3 is 2.72 bits per heavy atom. The highest BCUT2D eigenvalue weighted by atomic mass is 16.2. The molecule has 2 aliphatic rings. The molecule has 3 aromatic heterocycles. The van der Waals surface area contributed by atoms with Gasteiger partial charge in [0.25, 0.3) is 0 Å². The number of benzene rings is 1. The van der Waals surface area contributed by atoms with Crippen LogP contribution in [0, 0.1) is 12.8 Å². The molecule has 6 rings (SSSR count). The van der Waals surface area contributed by atoms with Crippen LogP contribution in [-0.2, 0) is 31.4 Å². The maximum Gasteiger partial charge on any atom is 0.247 e. The van der Waals surface area contributed by atoms with Gasteiger partial charge in [-0.1, -0.05) is 18.2 Å². The molecule has 1 aromatic carbocycles. The molecular formula is C26H30N8O2. The molecule has 36 heavy (non-hydrogen) atoms. The largest absolute Gasteiger partial charge is 0.338 e. The number of hydrogen-bond acceptors (Lipinski definition) is 6. The summed E-state index contributed by atoms with van der Waals surface area (Å²) in [7, 11) is 1.95. The van der Waals surface area contributed by atoms with Crippen molar-refractivity contribution in [2.45, 2.75) is 58.5 Å². The van der Waals surface area contributed by atoms with Crippen LogP contribution in [0.4, 0.5) is 0 Å². The van der Waals surface area contributed by atoms with Gasteiger partial charge in [0, 0.05) is 62.6 Å². The van der Waals surface area contributed by atoms with E-state index in [0.717, 1.165) is 52.3 Å². The lowest BCUT2D eigenvalue weighted by Gasteiger charge is -2.27. The van der Waals surface area contributed by atoms with Crippen LogP contribution in [0.15, 0.2) is 30.6 Å². The highest BCUT2D eigenvalue weighted by molar-refractivity contribution is 5.92. The summed E-state index contributed by atoms with van der Waals surface area (Å²) in [6, 6.07) is 7.72. The maximum atomic E-state index is 13.1. The molecule has 4 heterocycles. The van der Waals surface area contributed by atoms with Crippen molar-refractivity contribution >= 4 is 22.7 Å². The van der Waals surface area contributed by atoms with Gasteiger partial charge in [-0.05, 0) is 38.2 Å². The number of amides is 1. The quantitative estimate of drug-likeness (QED) is 0.398. The first kappa shape index (κ1) is 22.6. The number of nitrogens with zero attached hydrogens (tertiary/aromatic N) is 8. The van der Waals surface area contributed by atoms with E-state index in [-0.39, 0.29) is 18.2 Å². The number of hydrogen-bond donors (Lipinski definition) is 0. The predicted molar refractivity (Wildman–Crippen MR) is 133 cm³/mol. The normalized spacial score (nSPS) is 15.4. The van der Waals surface area contributed by atoms with Gasteiger partial charge in [0.05, 0.1) is 11.2 Å². The lowest BCUT2D eigenvalue weighted by atomic mass is 10.0. The minimum Gasteiger partial charge on any atom is -0.338 e. The van der Waals surface area contributed by atoms with E-state index >= 15 is 0 Å². The van der Waals surface area contributed by atoms with Crippen LogP contribution in [0.3, 0.4) is 0 Å². The second-order valence-electron chi connectivity index (χ2n) is 9.97. The Labute approximate surface area is 208 Å². The van der Waals surface area contributed by atoms with Gasteiger partial charge in [-0.2, -0.15) is 14.9 Å².